The smallest absolute Gasteiger partial charge is 0.336 e. The van der Waals surface area contributed by atoms with Crippen molar-refractivity contribution in [3.63, 3.8) is 0 Å². The summed E-state index contributed by atoms with van der Waals surface area (Å²) in [6, 6.07) is 11.6. The third-order valence-electron chi connectivity index (χ3n) is 2.93. The first-order valence-corrected chi connectivity index (χ1v) is 5.66. The molecule has 0 radical (unpaired) electrons. The maximum Gasteiger partial charge on any atom is 0.336 e. The second-order valence-corrected chi connectivity index (χ2v) is 4.08. The second-order valence-electron chi connectivity index (χ2n) is 4.08. The van der Waals surface area contributed by atoms with Gasteiger partial charge in [-0.05, 0) is 18.2 Å². The number of imidazole rings is 1. The fourth-order valence-corrected chi connectivity index (χ4v) is 2.09. The van der Waals surface area contributed by atoms with Gasteiger partial charge in [-0.2, -0.15) is 0 Å². The van der Waals surface area contributed by atoms with E-state index < -0.39 is 5.97 Å². The number of aromatic nitrogens is 2. The van der Waals surface area contributed by atoms with E-state index in [1.807, 2.05) is 0 Å². The van der Waals surface area contributed by atoms with E-state index in [1.54, 1.807) is 36.5 Å². The summed E-state index contributed by atoms with van der Waals surface area (Å²) in [5, 5.41) is 19.1. The van der Waals surface area contributed by atoms with Gasteiger partial charge in [0.2, 0.25) is 0 Å². The zero-order valence-electron chi connectivity index (χ0n) is 9.82. The minimum Gasteiger partial charge on any atom is -0.494 e. The van der Waals surface area contributed by atoms with Crippen LogP contribution >= 0.6 is 0 Å². The van der Waals surface area contributed by atoms with Crippen LogP contribution in [0.15, 0.2) is 48.7 Å². The summed E-state index contributed by atoms with van der Waals surface area (Å²) in [7, 11) is 0. The van der Waals surface area contributed by atoms with Gasteiger partial charge in [-0.25, -0.2) is 9.78 Å². The molecule has 0 fully saturated rings. The second kappa shape index (κ2) is 4.13. The summed E-state index contributed by atoms with van der Waals surface area (Å²) in [5.74, 6) is -0.598. The van der Waals surface area contributed by atoms with Crippen molar-refractivity contribution >= 4 is 11.5 Å². The molecule has 0 aliphatic carbocycles. The van der Waals surface area contributed by atoms with E-state index in [4.69, 9.17) is 0 Å². The lowest BCUT2D eigenvalue weighted by atomic mass is 10.1. The number of aromatic carboxylic acids is 1. The molecule has 0 amide bonds. The lowest BCUT2D eigenvalue weighted by Crippen LogP contribution is -2.01. The number of nitrogens with zero attached hydrogens (tertiary/aromatic N) is 2. The maximum atomic E-state index is 11.2. The predicted octanol–water partition coefficient (Wildman–Crippen LogP) is 2.41. The summed E-state index contributed by atoms with van der Waals surface area (Å²) in [6.07, 6.45) is 1.59. The van der Waals surface area contributed by atoms with Gasteiger partial charge in [0.25, 0.3) is 0 Å². The number of benzene rings is 1. The molecule has 19 heavy (non-hydrogen) atoms. The molecule has 0 saturated heterocycles. The van der Waals surface area contributed by atoms with Crippen molar-refractivity contribution in [2.45, 2.75) is 0 Å². The molecule has 2 aromatic heterocycles. The third kappa shape index (κ3) is 1.72. The van der Waals surface area contributed by atoms with Gasteiger partial charge in [0.1, 0.15) is 5.82 Å². The van der Waals surface area contributed by atoms with Crippen LogP contribution in [0, 0.1) is 0 Å². The third-order valence-corrected chi connectivity index (χ3v) is 2.93. The van der Waals surface area contributed by atoms with E-state index in [0.717, 1.165) is 0 Å². The zero-order valence-corrected chi connectivity index (χ0v) is 9.82. The van der Waals surface area contributed by atoms with Crippen LogP contribution < -0.4 is 0 Å². The van der Waals surface area contributed by atoms with Crippen molar-refractivity contribution in [1.29, 1.82) is 0 Å². The Hall–Kier alpha value is -2.82. The fourth-order valence-electron chi connectivity index (χ4n) is 2.09. The Balaban J connectivity index is 2.34. The van der Waals surface area contributed by atoms with Crippen LogP contribution in [0.2, 0.25) is 0 Å². The van der Waals surface area contributed by atoms with Crippen LogP contribution in [0.3, 0.4) is 0 Å². The lowest BCUT2D eigenvalue weighted by Gasteiger charge is -2.06. The highest BCUT2D eigenvalue weighted by Gasteiger charge is 2.16. The van der Waals surface area contributed by atoms with Crippen LogP contribution in [0.4, 0.5) is 0 Å². The summed E-state index contributed by atoms with van der Waals surface area (Å²) in [6.45, 7) is 0. The Morgan fingerprint density at radius 1 is 1.11 bits per heavy atom. The van der Waals surface area contributed by atoms with Crippen LogP contribution in [0.25, 0.3) is 16.9 Å². The van der Waals surface area contributed by atoms with Crippen molar-refractivity contribution in [3.05, 3.63) is 54.2 Å². The van der Waals surface area contributed by atoms with Crippen LogP contribution in [-0.4, -0.2) is 25.6 Å². The molecule has 0 aliphatic heterocycles. The average Bonchev–Trinajstić information content (AvgIpc) is 2.84. The maximum absolute atomic E-state index is 11.2. The van der Waals surface area contributed by atoms with E-state index in [1.165, 1.54) is 16.5 Å². The molecule has 2 heterocycles. The highest BCUT2D eigenvalue weighted by Crippen LogP contribution is 2.26. The largest absolute Gasteiger partial charge is 0.494 e. The number of carboxylic acid groups (broad SMARTS) is 1. The molecule has 0 spiro atoms. The summed E-state index contributed by atoms with van der Waals surface area (Å²) < 4.78 is 1.52. The first-order valence-electron chi connectivity index (χ1n) is 5.66. The number of carbonyl (C=O) groups is 1. The average molecular weight is 254 g/mol. The minimum absolute atomic E-state index is 0.0187. The molecule has 3 rings (SSSR count). The number of rotatable bonds is 2. The van der Waals surface area contributed by atoms with Crippen LogP contribution in [-0.2, 0) is 0 Å². The SMILES string of the molecule is O=C(O)c1ccccc1-c1ncc2cccc(O)n12. The number of aromatic hydroxyl groups is 1. The lowest BCUT2D eigenvalue weighted by molar-refractivity contribution is 0.0697. The Morgan fingerprint density at radius 2 is 1.89 bits per heavy atom. The van der Waals surface area contributed by atoms with Gasteiger partial charge in [-0.15, -0.1) is 0 Å². The highest BCUT2D eigenvalue weighted by atomic mass is 16.4. The molecule has 3 aromatic rings. The summed E-state index contributed by atoms with van der Waals surface area (Å²) in [5.41, 5.74) is 1.32. The normalized spacial score (nSPS) is 10.7. The van der Waals surface area contributed by atoms with E-state index >= 15 is 0 Å². The topological polar surface area (TPSA) is 74.8 Å². The quantitative estimate of drug-likeness (QED) is 0.736. The number of pyridine rings is 1. The molecular weight excluding hydrogens is 244 g/mol. The first-order chi connectivity index (χ1) is 9.18. The monoisotopic (exact) mass is 254 g/mol. The van der Waals surface area contributed by atoms with Crippen molar-refractivity contribution in [3.8, 4) is 17.3 Å². The molecule has 0 unspecified atom stereocenters. The molecule has 0 atom stereocenters. The van der Waals surface area contributed by atoms with Crippen LogP contribution in [0.1, 0.15) is 10.4 Å². The Kier molecular flexibility index (Phi) is 2.45. The standard InChI is InChI=1S/C14H10N2O3/c17-12-7-3-4-9-8-15-13(16(9)12)10-5-1-2-6-11(10)14(18)19/h1-8,17H,(H,18,19). The van der Waals surface area contributed by atoms with Crippen molar-refractivity contribution < 1.29 is 15.0 Å². The summed E-state index contributed by atoms with van der Waals surface area (Å²) >= 11 is 0. The van der Waals surface area contributed by atoms with Gasteiger partial charge in [-0.1, -0.05) is 24.3 Å². The molecule has 5 nitrogen and oxygen atoms in total. The van der Waals surface area contributed by atoms with Crippen molar-refractivity contribution in [2.75, 3.05) is 0 Å². The molecule has 5 heteroatoms. The van der Waals surface area contributed by atoms with Gasteiger partial charge < -0.3 is 10.2 Å². The minimum atomic E-state index is -1.03. The van der Waals surface area contributed by atoms with Gasteiger partial charge in [-0.3, -0.25) is 4.40 Å². The number of hydrogen-bond acceptors (Lipinski definition) is 3. The van der Waals surface area contributed by atoms with Gasteiger partial charge in [0.15, 0.2) is 5.88 Å². The number of carboxylic acids is 1. The molecule has 0 saturated carbocycles. The summed E-state index contributed by atoms with van der Waals surface area (Å²) in [4.78, 5) is 15.4. The van der Waals surface area contributed by atoms with Gasteiger partial charge >= 0.3 is 5.97 Å². The van der Waals surface area contributed by atoms with E-state index in [2.05, 4.69) is 4.98 Å². The Labute approximate surface area is 108 Å². The molecule has 94 valence electrons. The van der Waals surface area contributed by atoms with Gasteiger partial charge in [0.05, 0.1) is 17.3 Å². The molecule has 0 aliphatic rings. The number of hydrogen-bond donors (Lipinski definition) is 2. The van der Waals surface area contributed by atoms with Gasteiger partial charge in [0, 0.05) is 5.56 Å². The Bertz CT molecular complexity index is 777. The van der Waals surface area contributed by atoms with E-state index in [0.29, 0.717) is 16.9 Å². The number of fused-ring (bicyclic) bond motifs is 1. The molecular formula is C14H10N2O3. The van der Waals surface area contributed by atoms with Crippen molar-refractivity contribution in [2.24, 2.45) is 0 Å². The van der Waals surface area contributed by atoms with E-state index in [-0.39, 0.29) is 11.4 Å². The molecule has 0 bridgehead atoms. The Morgan fingerprint density at radius 3 is 2.68 bits per heavy atom. The molecule has 2 N–H and O–H groups in total. The van der Waals surface area contributed by atoms with Crippen LogP contribution in [0.5, 0.6) is 5.88 Å². The van der Waals surface area contributed by atoms with Crippen molar-refractivity contribution in [1.82, 2.24) is 9.38 Å². The predicted molar refractivity (Wildman–Crippen MR) is 69.3 cm³/mol. The van der Waals surface area contributed by atoms with E-state index in [9.17, 15) is 15.0 Å². The highest BCUT2D eigenvalue weighted by molar-refractivity contribution is 5.95. The zero-order chi connectivity index (χ0) is 13.4. The first kappa shape index (κ1) is 11.3. The fraction of sp³-hybridized carbons (Fsp3) is 0. The molecule has 1 aromatic carbocycles.